The van der Waals surface area contributed by atoms with Crippen molar-refractivity contribution in [2.45, 2.75) is 52.9 Å². The molecule has 1 amide bonds. The molecule has 1 saturated heterocycles. The van der Waals surface area contributed by atoms with Gasteiger partial charge in [-0.05, 0) is 33.6 Å². The lowest BCUT2D eigenvalue weighted by molar-refractivity contribution is -0.120. The van der Waals surface area contributed by atoms with E-state index in [1.54, 1.807) is 0 Å². The highest BCUT2D eigenvalue weighted by Crippen LogP contribution is 2.14. The van der Waals surface area contributed by atoms with Crippen LogP contribution in [0, 0.1) is 13.8 Å². The molecule has 6 heteroatoms. The summed E-state index contributed by atoms with van der Waals surface area (Å²) in [7, 11) is 0. The third kappa shape index (κ3) is 4.28. The smallest absolute Gasteiger partial charge is 0.224 e. The summed E-state index contributed by atoms with van der Waals surface area (Å²) in [6, 6.07) is 0. The number of hydrogen-bond donors (Lipinski definition) is 1. The molecule has 0 aromatic carbocycles. The number of aryl methyl sites for hydroxylation is 1. The van der Waals surface area contributed by atoms with E-state index in [4.69, 9.17) is 9.47 Å². The van der Waals surface area contributed by atoms with Crippen LogP contribution in [0.15, 0.2) is 0 Å². The van der Waals surface area contributed by atoms with Crippen LogP contribution in [-0.4, -0.2) is 41.6 Å². The molecule has 1 aliphatic heterocycles. The molecule has 1 atom stereocenters. The first-order valence-corrected chi connectivity index (χ1v) is 7.60. The number of amides is 1. The van der Waals surface area contributed by atoms with Gasteiger partial charge in [0.25, 0.3) is 0 Å². The maximum Gasteiger partial charge on any atom is 0.224 e. The molecule has 0 spiro atoms. The van der Waals surface area contributed by atoms with Crippen molar-refractivity contribution in [3.63, 3.8) is 0 Å². The summed E-state index contributed by atoms with van der Waals surface area (Å²) < 4.78 is 12.7. The number of carbonyl (C=O) groups is 1. The van der Waals surface area contributed by atoms with Crippen molar-refractivity contribution in [3.8, 4) is 0 Å². The molecule has 1 N–H and O–H groups in total. The number of aromatic nitrogens is 2. The van der Waals surface area contributed by atoms with Crippen molar-refractivity contribution in [2.75, 3.05) is 19.8 Å². The zero-order valence-corrected chi connectivity index (χ0v) is 13.1. The Hall–Kier alpha value is -1.40. The average Bonchev–Trinajstić information content (AvgIpc) is 3.07. The first-order valence-electron chi connectivity index (χ1n) is 7.60. The monoisotopic (exact) mass is 295 g/mol. The molecule has 0 saturated carbocycles. The van der Waals surface area contributed by atoms with Gasteiger partial charge in [-0.1, -0.05) is 0 Å². The minimum atomic E-state index is 0.0210. The molecule has 0 radical (unpaired) electrons. The third-order valence-corrected chi connectivity index (χ3v) is 3.84. The molecule has 2 heterocycles. The van der Waals surface area contributed by atoms with Crippen molar-refractivity contribution in [2.24, 2.45) is 0 Å². The molecule has 6 nitrogen and oxygen atoms in total. The zero-order valence-electron chi connectivity index (χ0n) is 13.1. The standard InChI is InChI=1S/C15H25N3O3/c1-4-20-10-18-12(3)14(11(2)17-18)8-15(19)16-9-13-6-5-7-21-13/h13H,4-10H2,1-3H3,(H,16,19). The van der Waals surface area contributed by atoms with E-state index in [0.717, 1.165) is 36.4 Å². The van der Waals surface area contributed by atoms with Gasteiger partial charge in [-0.2, -0.15) is 5.10 Å². The predicted octanol–water partition coefficient (Wildman–Crippen LogP) is 1.33. The van der Waals surface area contributed by atoms with Crippen molar-refractivity contribution in [3.05, 3.63) is 17.0 Å². The Morgan fingerprint density at radius 3 is 3.00 bits per heavy atom. The van der Waals surface area contributed by atoms with Gasteiger partial charge in [0.05, 0.1) is 18.2 Å². The van der Waals surface area contributed by atoms with E-state index >= 15 is 0 Å². The fourth-order valence-corrected chi connectivity index (χ4v) is 2.55. The number of carbonyl (C=O) groups excluding carboxylic acids is 1. The van der Waals surface area contributed by atoms with Gasteiger partial charge in [-0.25, -0.2) is 4.68 Å². The van der Waals surface area contributed by atoms with Crippen molar-refractivity contribution < 1.29 is 14.3 Å². The van der Waals surface area contributed by atoms with Gasteiger partial charge < -0.3 is 14.8 Å². The Kier molecular flexibility index (Phi) is 5.76. The molecule has 0 bridgehead atoms. The topological polar surface area (TPSA) is 65.4 Å². The second kappa shape index (κ2) is 7.56. The van der Waals surface area contributed by atoms with Crippen LogP contribution in [0.3, 0.4) is 0 Å². The van der Waals surface area contributed by atoms with Crippen LogP contribution in [0.2, 0.25) is 0 Å². The van der Waals surface area contributed by atoms with E-state index in [1.807, 2.05) is 25.5 Å². The summed E-state index contributed by atoms with van der Waals surface area (Å²) in [5.41, 5.74) is 2.87. The molecule has 1 aliphatic rings. The predicted molar refractivity (Wildman–Crippen MR) is 79.0 cm³/mol. The fraction of sp³-hybridized carbons (Fsp3) is 0.733. The molecule has 1 aromatic rings. The van der Waals surface area contributed by atoms with Gasteiger partial charge in [-0.3, -0.25) is 4.79 Å². The molecule has 1 unspecified atom stereocenters. The lowest BCUT2D eigenvalue weighted by Gasteiger charge is -2.11. The number of ether oxygens (including phenoxy) is 2. The van der Waals surface area contributed by atoms with Gasteiger partial charge in [0.1, 0.15) is 6.73 Å². The molecular weight excluding hydrogens is 270 g/mol. The van der Waals surface area contributed by atoms with E-state index in [-0.39, 0.29) is 12.0 Å². The number of nitrogens with zero attached hydrogens (tertiary/aromatic N) is 2. The van der Waals surface area contributed by atoms with E-state index in [2.05, 4.69) is 10.4 Å². The summed E-state index contributed by atoms with van der Waals surface area (Å²) in [5, 5.41) is 7.37. The Morgan fingerprint density at radius 1 is 1.52 bits per heavy atom. The Bertz CT molecular complexity index is 479. The van der Waals surface area contributed by atoms with Crippen LogP contribution in [-0.2, 0) is 27.4 Å². The number of hydrogen-bond acceptors (Lipinski definition) is 4. The molecule has 1 fully saturated rings. The largest absolute Gasteiger partial charge is 0.376 e. The first-order chi connectivity index (χ1) is 10.1. The summed E-state index contributed by atoms with van der Waals surface area (Å²) >= 11 is 0. The normalized spacial score (nSPS) is 18.1. The van der Waals surface area contributed by atoms with E-state index in [1.165, 1.54) is 0 Å². The summed E-state index contributed by atoms with van der Waals surface area (Å²) in [5.74, 6) is 0.0210. The number of nitrogens with one attached hydrogen (secondary N) is 1. The minimum absolute atomic E-state index is 0.0210. The van der Waals surface area contributed by atoms with Crippen LogP contribution in [0.1, 0.15) is 36.7 Å². The highest BCUT2D eigenvalue weighted by atomic mass is 16.5. The maximum absolute atomic E-state index is 12.1. The SMILES string of the molecule is CCOCn1nc(C)c(CC(=O)NCC2CCCO2)c1C. The quantitative estimate of drug-likeness (QED) is 0.824. The minimum Gasteiger partial charge on any atom is -0.376 e. The van der Waals surface area contributed by atoms with Gasteiger partial charge >= 0.3 is 0 Å². The summed E-state index contributed by atoms with van der Waals surface area (Å²) in [4.78, 5) is 12.1. The highest BCUT2D eigenvalue weighted by Gasteiger charge is 2.18. The lowest BCUT2D eigenvalue weighted by atomic mass is 10.1. The van der Waals surface area contributed by atoms with Crippen LogP contribution < -0.4 is 5.32 Å². The van der Waals surface area contributed by atoms with E-state index in [0.29, 0.717) is 26.3 Å². The number of rotatable bonds is 7. The van der Waals surface area contributed by atoms with Crippen LogP contribution in [0.5, 0.6) is 0 Å². The van der Waals surface area contributed by atoms with Gasteiger partial charge in [0.15, 0.2) is 0 Å². The summed E-state index contributed by atoms with van der Waals surface area (Å²) in [6.45, 7) is 8.34. The lowest BCUT2D eigenvalue weighted by Crippen LogP contribution is -2.33. The van der Waals surface area contributed by atoms with Gasteiger partial charge in [0, 0.05) is 31.0 Å². The molecular formula is C15H25N3O3. The zero-order chi connectivity index (χ0) is 15.2. The van der Waals surface area contributed by atoms with E-state index < -0.39 is 0 Å². The molecule has 2 rings (SSSR count). The first kappa shape index (κ1) is 16.0. The van der Waals surface area contributed by atoms with Crippen LogP contribution in [0.4, 0.5) is 0 Å². The molecule has 21 heavy (non-hydrogen) atoms. The Morgan fingerprint density at radius 2 is 2.33 bits per heavy atom. The highest BCUT2D eigenvalue weighted by molar-refractivity contribution is 5.79. The third-order valence-electron chi connectivity index (χ3n) is 3.84. The fourth-order valence-electron chi connectivity index (χ4n) is 2.55. The Balaban J connectivity index is 1.88. The molecule has 118 valence electrons. The second-order valence-corrected chi connectivity index (χ2v) is 5.39. The Labute approximate surface area is 125 Å². The van der Waals surface area contributed by atoms with Gasteiger partial charge in [-0.15, -0.1) is 0 Å². The average molecular weight is 295 g/mol. The maximum atomic E-state index is 12.1. The van der Waals surface area contributed by atoms with Crippen LogP contribution in [0.25, 0.3) is 0 Å². The van der Waals surface area contributed by atoms with Crippen LogP contribution >= 0.6 is 0 Å². The molecule has 1 aromatic heterocycles. The van der Waals surface area contributed by atoms with Crippen molar-refractivity contribution >= 4 is 5.91 Å². The van der Waals surface area contributed by atoms with E-state index in [9.17, 15) is 4.79 Å². The molecule has 0 aliphatic carbocycles. The second-order valence-electron chi connectivity index (χ2n) is 5.39. The van der Waals surface area contributed by atoms with Gasteiger partial charge in [0.2, 0.25) is 5.91 Å². The van der Waals surface area contributed by atoms with Crippen molar-refractivity contribution in [1.29, 1.82) is 0 Å². The van der Waals surface area contributed by atoms with Crippen molar-refractivity contribution in [1.82, 2.24) is 15.1 Å². The summed E-state index contributed by atoms with van der Waals surface area (Å²) in [6.07, 6.45) is 2.65.